The van der Waals surface area contributed by atoms with Gasteiger partial charge in [-0.25, -0.2) is 13.4 Å². The lowest BCUT2D eigenvalue weighted by molar-refractivity contribution is 0.601. The van der Waals surface area contributed by atoms with Crippen molar-refractivity contribution in [3.8, 4) is 0 Å². The first-order valence-electron chi connectivity index (χ1n) is 6.88. The summed E-state index contributed by atoms with van der Waals surface area (Å²) in [6.45, 7) is 3.94. The maximum Gasteiger partial charge on any atom is 0.261 e. The third-order valence-corrected chi connectivity index (χ3v) is 5.15. The number of anilines is 1. The van der Waals surface area contributed by atoms with Gasteiger partial charge in [-0.1, -0.05) is 6.07 Å². The predicted molar refractivity (Wildman–Crippen MR) is 87.4 cm³/mol. The van der Waals surface area contributed by atoms with Gasteiger partial charge in [0.1, 0.15) is 0 Å². The summed E-state index contributed by atoms with van der Waals surface area (Å²) in [5.41, 5.74) is 4.28. The van der Waals surface area contributed by atoms with Crippen LogP contribution in [-0.4, -0.2) is 18.0 Å². The molecule has 0 bridgehead atoms. The summed E-state index contributed by atoms with van der Waals surface area (Å²) in [6.07, 6.45) is 1.66. The van der Waals surface area contributed by atoms with Crippen molar-refractivity contribution < 1.29 is 8.42 Å². The molecular weight excluding hydrogens is 298 g/mol. The molecule has 0 atom stereocenters. The number of rotatable bonds is 3. The topological polar surface area (TPSA) is 64.0 Å². The van der Waals surface area contributed by atoms with Crippen LogP contribution in [0.25, 0.3) is 11.0 Å². The van der Waals surface area contributed by atoms with Gasteiger partial charge in [0, 0.05) is 12.7 Å². The van der Waals surface area contributed by atoms with Crippen molar-refractivity contribution in [2.24, 2.45) is 7.05 Å². The van der Waals surface area contributed by atoms with E-state index in [4.69, 9.17) is 0 Å². The molecule has 22 heavy (non-hydrogen) atoms. The Morgan fingerprint density at radius 2 is 1.82 bits per heavy atom. The van der Waals surface area contributed by atoms with E-state index in [9.17, 15) is 8.42 Å². The van der Waals surface area contributed by atoms with Crippen molar-refractivity contribution in [3.05, 3.63) is 53.9 Å². The molecule has 3 aromatic rings. The number of nitrogens with zero attached hydrogens (tertiary/aromatic N) is 2. The molecule has 6 heteroatoms. The van der Waals surface area contributed by atoms with E-state index >= 15 is 0 Å². The van der Waals surface area contributed by atoms with Crippen molar-refractivity contribution in [2.75, 3.05) is 4.72 Å². The Balaban J connectivity index is 1.98. The van der Waals surface area contributed by atoms with Gasteiger partial charge in [-0.05, 0) is 55.3 Å². The Bertz CT molecular complexity index is 959. The molecule has 0 aliphatic rings. The van der Waals surface area contributed by atoms with Crippen LogP contribution in [0.1, 0.15) is 11.1 Å². The minimum absolute atomic E-state index is 0.205. The van der Waals surface area contributed by atoms with Crippen LogP contribution in [0.15, 0.2) is 47.6 Å². The average molecular weight is 315 g/mol. The zero-order valence-electron chi connectivity index (χ0n) is 12.7. The first kappa shape index (κ1) is 14.6. The van der Waals surface area contributed by atoms with E-state index in [1.807, 2.05) is 37.6 Å². The first-order chi connectivity index (χ1) is 10.4. The van der Waals surface area contributed by atoms with Crippen LogP contribution < -0.4 is 4.72 Å². The van der Waals surface area contributed by atoms with Crippen LogP contribution in [0.4, 0.5) is 5.69 Å². The predicted octanol–water partition coefficient (Wildman–Crippen LogP) is 2.99. The van der Waals surface area contributed by atoms with E-state index in [0.717, 1.165) is 16.6 Å². The highest BCUT2D eigenvalue weighted by Crippen LogP contribution is 2.21. The third kappa shape index (κ3) is 2.57. The van der Waals surface area contributed by atoms with E-state index in [0.29, 0.717) is 11.2 Å². The molecular formula is C16H17N3O2S. The maximum atomic E-state index is 12.5. The Morgan fingerprint density at radius 3 is 2.55 bits per heavy atom. The van der Waals surface area contributed by atoms with Gasteiger partial charge in [0.25, 0.3) is 10.0 Å². The van der Waals surface area contributed by atoms with Crippen LogP contribution in [0.2, 0.25) is 0 Å². The number of hydrogen-bond acceptors (Lipinski definition) is 3. The van der Waals surface area contributed by atoms with Crippen molar-refractivity contribution in [2.45, 2.75) is 18.7 Å². The highest BCUT2D eigenvalue weighted by atomic mass is 32.2. The van der Waals surface area contributed by atoms with Gasteiger partial charge in [-0.15, -0.1) is 0 Å². The summed E-state index contributed by atoms with van der Waals surface area (Å²) in [5, 5.41) is 0. The second kappa shape index (κ2) is 5.14. The van der Waals surface area contributed by atoms with E-state index in [-0.39, 0.29) is 4.90 Å². The number of aromatic nitrogens is 2. The average Bonchev–Trinajstić information content (AvgIpc) is 2.84. The summed E-state index contributed by atoms with van der Waals surface area (Å²) in [5.74, 6) is 0. The standard InChI is InChI=1S/C16H17N3O2S/c1-11-4-5-13(8-12(11)2)18-22(20,21)14-6-7-16-15(9-14)17-10-19(16)3/h4-10,18H,1-3H3. The summed E-state index contributed by atoms with van der Waals surface area (Å²) in [7, 11) is -1.75. The van der Waals surface area contributed by atoms with Crippen molar-refractivity contribution in [3.63, 3.8) is 0 Å². The summed E-state index contributed by atoms with van der Waals surface area (Å²) in [4.78, 5) is 4.40. The molecule has 1 heterocycles. The molecule has 1 N–H and O–H groups in total. The van der Waals surface area contributed by atoms with Crippen LogP contribution in [0.5, 0.6) is 0 Å². The zero-order chi connectivity index (χ0) is 15.9. The number of benzene rings is 2. The number of sulfonamides is 1. The zero-order valence-corrected chi connectivity index (χ0v) is 13.5. The van der Waals surface area contributed by atoms with E-state index in [1.54, 1.807) is 30.6 Å². The highest BCUT2D eigenvalue weighted by Gasteiger charge is 2.16. The maximum absolute atomic E-state index is 12.5. The van der Waals surface area contributed by atoms with E-state index in [1.165, 1.54) is 0 Å². The summed E-state index contributed by atoms with van der Waals surface area (Å²) >= 11 is 0. The van der Waals surface area contributed by atoms with Crippen molar-refractivity contribution in [1.29, 1.82) is 0 Å². The van der Waals surface area contributed by atoms with Crippen molar-refractivity contribution >= 4 is 26.7 Å². The second-order valence-corrected chi connectivity index (χ2v) is 7.09. The third-order valence-electron chi connectivity index (χ3n) is 3.77. The molecule has 0 amide bonds. The van der Waals surface area contributed by atoms with Crippen molar-refractivity contribution in [1.82, 2.24) is 9.55 Å². The second-order valence-electron chi connectivity index (χ2n) is 5.41. The Kier molecular flexibility index (Phi) is 3.41. The number of nitrogens with one attached hydrogen (secondary N) is 1. The Labute approximate surface area is 129 Å². The molecule has 0 unspecified atom stereocenters. The molecule has 1 aromatic heterocycles. The minimum Gasteiger partial charge on any atom is -0.334 e. The lowest BCUT2D eigenvalue weighted by Crippen LogP contribution is -2.13. The van der Waals surface area contributed by atoms with Crippen LogP contribution in [-0.2, 0) is 17.1 Å². The SMILES string of the molecule is Cc1ccc(NS(=O)(=O)c2ccc3c(c2)ncn3C)cc1C. The number of hydrogen-bond donors (Lipinski definition) is 1. The smallest absolute Gasteiger partial charge is 0.261 e. The Hall–Kier alpha value is -2.34. The summed E-state index contributed by atoms with van der Waals surface area (Å²) < 4.78 is 29.5. The van der Waals surface area contributed by atoms with E-state index in [2.05, 4.69) is 9.71 Å². The molecule has 0 aliphatic heterocycles. The molecule has 0 spiro atoms. The van der Waals surface area contributed by atoms with Gasteiger partial charge in [-0.3, -0.25) is 4.72 Å². The number of imidazole rings is 1. The number of aryl methyl sites for hydroxylation is 3. The molecule has 0 radical (unpaired) electrons. The fraction of sp³-hybridized carbons (Fsp3) is 0.188. The Morgan fingerprint density at radius 1 is 1.05 bits per heavy atom. The molecule has 0 aliphatic carbocycles. The van der Waals surface area contributed by atoms with Crippen LogP contribution in [0.3, 0.4) is 0 Å². The lowest BCUT2D eigenvalue weighted by Gasteiger charge is -2.10. The van der Waals surface area contributed by atoms with Crippen LogP contribution in [0, 0.1) is 13.8 Å². The monoisotopic (exact) mass is 315 g/mol. The minimum atomic E-state index is -3.62. The van der Waals surface area contributed by atoms with Gasteiger partial charge in [0.05, 0.1) is 22.3 Å². The van der Waals surface area contributed by atoms with Gasteiger partial charge < -0.3 is 4.57 Å². The lowest BCUT2D eigenvalue weighted by atomic mass is 10.1. The normalized spacial score (nSPS) is 11.8. The van der Waals surface area contributed by atoms with Gasteiger partial charge >= 0.3 is 0 Å². The molecule has 114 valence electrons. The van der Waals surface area contributed by atoms with E-state index < -0.39 is 10.0 Å². The fourth-order valence-corrected chi connectivity index (χ4v) is 3.37. The summed E-state index contributed by atoms with van der Waals surface area (Å²) in [6, 6.07) is 10.4. The van der Waals surface area contributed by atoms with Gasteiger partial charge in [0.15, 0.2) is 0 Å². The quantitative estimate of drug-likeness (QED) is 0.808. The van der Waals surface area contributed by atoms with Gasteiger partial charge in [-0.2, -0.15) is 0 Å². The fourth-order valence-electron chi connectivity index (χ4n) is 2.30. The molecule has 0 saturated heterocycles. The molecule has 0 saturated carbocycles. The highest BCUT2D eigenvalue weighted by molar-refractivity contribution is 7.92. The van der Waals surface area contributed by atoms with Crippen LogP contribution >= 0.6 is 0 Å². The van der Waals surface area contributed by atoms with Gasteiger partial charge in [0.2, 0.25) is 0 Å². The molecule has 2 aromatic carbocycles. The molecule has 3 rings (SSSR count). The number of fused-ring (bicyclic) bond motifs is 1. The largest absolute Gasteiger partial charge is 0.334 e. The first-order valence-corrected chi connectivity index (χ1v) is 8.36. The molecule has 5 nitrogen and oxygen atoms in total. The molecule has 0 fully saturated rings.